The number of ether oxygens (including phenoxy) is 2. The molecule has 0 atom stereocenters. The number of esters is 1. The minimum absolute atomic E-state index is 0.0237. The molecule has 2 N–H and O–H groups in total. The molecular formula is C14H20N2O4. The highest BCUT2D eigenvalue weighted by Crippen LogP contribution is 2.25. The normalized spacial score (nSPS) is 17.6. The molecule has 6 nitrogen and oxygen atoms in total. The molecule has 0 saturated carbocycles. The highest BCUT2D eigenvalue weighted by molar-refractivity contribution is 5.90. The predicted molar refractivity (Wildman–Crippen MR) is 73.8 cm³/mol. The lowest BCUT2D eigenvalue weighted by molar-refractivity contribution is 0.0378. The molecular weight excluding hydrogens is 260 g/mol. The van der Waals surface area contributed by atoms with Crippen LogP contribution in [-0.4, -0.2) is 48.5 Å². The van der Waals surface area contributed by atoms with E-state index in [-0.39, 0.29) is 6.61 Å². The first kappa shape index (κ1) is 14.7. The Kier molecular flexibility index (Phi) is 4.57. The van der Waals surface area contributed by atoms with E-state index in [1.807, 2.05) is 0 Å². The highest BCUT2D eigenvalue weighted by Gasteiger charge is 2.32. The number of nitrogens with one attached hydrogen (secondary N) is 1. The monoisotopic (exact) mass is 280 g/mol. The third kappa shape index (κ3) is 3.08. The van der Waals surface area contributed by atoms with E-state index in [0.29, 0.717) is 30.3 Å². The van der Waals surface area contributed by atoms with Crippen molar-refractivity contribution in [2.75, 3.05) is 32.2 Å². The number of aromatic nitrogens is 1. The lowest BCUT2D eigenvalue weighted by atomic mass is 9.91. The first-order valence-corrected chi connectivity index (χ1v) is 6.63. The maximum Gasteiger partial charge on any atom is 0.339 e. The van der Waals surface area contributed by atoms with Crippen molar-refractivity contribution in [1.29, 1.82) is 0 Å². The number of pyridine rings is 1. The van der Waals surface area contributed by atoms with Gasteiger partial charge < -0.3 is 19.9 Å². The first-order valence-electron chi connectivity index (χ1n) is 6.63. The summed E-state index contributed by atoms with van der Waals surface area (Å²) in [6.45, 7) is 3.02. The largest absolute Gasteiger partial charge is 0.465 e. The quantitative estimate of drug-likeness (QED) is 0.805. The van der Waals surface area contributed by atoms with Crippen LogP contribution in [0, 0.1) is 6.92 Å². The number of carbonyl (C=O) groups is 1. The number of methoxy groups -OCH3 is 1. The van der Waals surface area contributed by atoms with Gasteiger partial charge in [0, 0.05) is 13.2 Å². The minimum atomic E-state index is -0.399. The van der Waals surface area contributed by atoms with Gasteiger partial charge in [-0.1, -0.05) is 0 Å². The lowest BCUT2D eigenvalue weighted by Crippen LogP contribution is -2.47. The van der Waals surface area contributed by atoms with Gasteiger partial charge >= 0.3 is 5.97 Å². The average molecular weight is 280 g/mol. The summed E-state index contributed by atoms with van der Waals surface area (Å²) < 4.78 is 10.0. The van der Waals surface area contributed by atoms with Crippen LogP contribution in [0.5, 0.6) is 0 Å². The van der Waals surface area contributed by atoms with E-state index in [0.717, 1.165) is 12.8 Å². The van der Waals surface area contributed by atoms with Gasteiger partial charge in [0.2, 0.25) is 0 Å². The summed E-state index contributed by atoms with van der Waals surface area (Å²) in [5.74, 6) is 0.246. The molecule has 0 bridgehead atoms. The number of carbonyl (C=O) groups excluding carboxylic acids is 1. The Morgan fingerprint density at radius 1 is 1.50 bits per heavy atom. The lowest BCUT2D eigenvalue weighted by Gasteiger charge is -2.36. The molecule has 1 aliphatic heterocycles. The van der Waals surface area contributed by atoms with Crippen molar-refractivity contribution in [2.24, 2.45) is 0 Å². The summed E-state index contributed by atoms with van der Waals surface area (Å²) in [4.78, 5) is 15.9. The first-order chi connectivity index (χ1) is 9.60. The summed E-state index contributed by atoms with van der Waals surface area (Å²) in [7, 11) is 1.34. The minimum Gasteiger partial charge on any atom is -0.465 e. The van der Waals surface area contributed by atoms with Crippen molar-refractivity contribution >= 4 is 11.8 Å². The van der Waals surface area contributed by atoms with E-state index < -0.39 is 11.5 Å². The van der Waals surface area contributed by atoms with Crippen molar-refractivity contribution in [3.8, 4) is 0 Å². The standard InChI is InChI=1S/C14H20N2O4/c1-10-11(13(18)19-2)3-4-12(15-10)16-14(9-17)5-7-20-8-6-14/h3-4,17H,5-9H2,1-2H3,(H,15,16). The van der Waals surface area contributed by atoms with E-state index in [9.17, 15) is 9.90 Å². The van der Waals surface area contributed by atoms with Gasteiger partial charge in [0.05, 0.1) is 30.5 Å². The van der Waals surface area contributed by atoms with Crippen LogP contribution in [0.3, 0.4) is 0 Å². The van der Waals surface area contributed by atoms with Gasteiger partial charge in [0.25, 0.3) is 0 Å². The molecule has 1 fully saturated rings. The number of aryl methyl sites for hydroxylation is 1. The molecule has 0 unspecified atom stereocenters. The Hall–Kier alpha value is -1.66. The fraction of sp³-hybridized carbons (Fsp3) is 0.571. The number of hydrogen-bond donors (Lipinski definition) is 2. The van der Waals surface area contributed by atoms with E-state index >= 15 is 0 Å². The zero-order valence-corrected chi connectivity index (χ0v) is 11.8. The van der Waals surface area contributed by atoms with Crippen molar-refractivity contribution in [1.82, 2.24) is 4.98 Å². The third-order valence-corrected chi connectivity index (χ3v) is 3.64. The van der Waals surface area contributed by atoms with Crippen LogP contribution >= 0.6 is 0 Å². The zero-order chi connectivity index (χ0) is 14.6. The Bertz CT molecular complexity index is 484. The number of hydrogen-bond acceptors (Lipinski definition) is 6. The molecule has 1 aliphatic rings. The van der Waals surface area contributed by atoms with E-state index in [1.165, 1.54) is 7.11 Å². The molecule has 0 aromatic carbocycles. The SMILES string of the molecule is COC(=O)c1ccc(NC2(CO)CCOCC2)nc1C. The van der Waals surface area contributed by atoms with Gasteiger partial charge in [-0.2, -0.15) is 0 Å². The smallest absolute Gasteiger partial charge is 0.339 e. The second-order valence-corrected chi connectivity index (χ2v) is 5.00. The van der Waals surface area contributed by atoms with Crippen LogP contribution in [0.2, 0.25) is 0 Å². The van der Waals surface area contributed by atoms with Crippen LogP contribution in [-0.2, 0) is 9.47 Å². The highest BCUT2D eigenvalue weighted by atomic mass is 16.5. The van der Waals surface area contributed by atoms with Gasteiger partial charge in [-0.15, -0.1) is 0 Å². The summed E-state index contributed by atoms with van der Waals surface area (Å²) in [6.07, 6.45) is 1.45. The molecule has 1 aromatic heterocycles. The predicted octanol–water partition coefficient (Wildman–Crippen LogP) is 1.13. The van der Waals surface area contributed by atoms with Gasteiger partial charge in [-0.3, -0.25) is 0 Å². The topological polar surface area (TPSA) is 80.7 Å². The second kappa shape index (κ2) is 6.19. The fourth-order valence-corrected chi connectivity index (χ4v) is 2.31. The Morgan fingerprint density at radius 3 is 2.75 bits per heavy atom. The molecule has 1 saturated heterocycles. The van der Waals surface area contributed by atoms with Gasteiger partial charge in [0.1, 0.15) is 5.82 Å². The maximum absolute atomic E-state index is 11.5. The fourth-order valence-electron chi connectivity index (χ4n) is 2.31. The van der Waals surface area contributed by atoms with Crippen LogP contribution in [0.25, 0.3) is 0 Å². The molecule has 20 heavy (non-hydrogen) atoms. The van der Waals surface area contributed by atoms with Crippen LogP contribution in [0.15, 0.2) is 12.1 Å². The van der Waals surface area contributed by atoms with Gasteiger partial charge in [0.15, 0.2) is 0 Å². The number of aliphatic hydroxyl groups excluding tert-OH is 1. The van der Waals surface area contributed by atoms with Crippen molar-refractivity contribution in [3.63, 3.8) is 0 Å². The molecule has 2 rings (SSSR count). The average Bonchev–Trinajstić information content (AvgIpc) is 2.47. The van der Waals surface area contributed by atoms with Crippen molar-refractivity contribution < 1.29 is 19.4 Å². The molecule has 2 heterocycles. The number of aliphatic hydroxyl groups is 1. The van der Waals surface area contributed by atoms with Crippen molar-refractivity contribution in [3.05, 3.63) is 23.4 Å². The number of anilines is 1. The van der Waals surface area contributed by atoms with Crippen LogP contribution < -0.4 is 5.32 Å². The maximum atomic E-state index is 11.5. The Labute approximate surface area is 118 Å². The molecule has 0 aliphatic carbocycles. The summed E-state index contributed by atoms with van der Waals surface area (Å²) in [6, 6.07) is 3.41. The molecule has 110 valence electrons. The van der Waals surface area contributed by atoms with Gasteiger partial charge in [-0.25, -0.2) is 9.78 Å². The number of rotatable bonds is 4. The molecule has 0 amide bonds. The second-order valence-electron chi connectivity index (χ2n) is 5.00. The molecule has 0 spiro atoms. The molecule has 0 radical (unpaired) electrons. The van der Waals surface area contributed by atoms with Crippen LogP contribution in [0.1, 0.15) is 28.9 Å². The van der Waals surface area contributed by atoms with E-state index in [1.54, 1.807) is 19.1 Å². The summed E-state index contributed by atoms with van der Waals surface area (Å²) in [5.41, 5.74) is 0.648. The van der Waals surface area contributed by atoms with E-state index in [2.05, 4.69) is 10.3 Å². The molecule has 6 heteroatoms. The zero-order valence-electron chi connectivity index (χ0n) is 11.8. The summed E-state index contributed by atoms with van der Waals surface area (Å²) >= 11 is 0. The Morgan fingerprint density at radius 2 is 2.20 bits per heavy atom. The third-order valence-electron chi connectivity index (χ3n) is 3.64. The Balaban J connectivity index is 2.17. The van der Waals surface area contributed by atoms with Crippen molar-refractivity contribution in [2.45, 2.75) is 25.3 Å². The van der Waals surface area contributed by atoms with E-state index in [4.69, 9.17) is 9.47 Å². The number of nitrogens with zero attached hydrogens (tertiary/aromatic N) is 1. The summed E-state index contributed by atoms with van der Waals surface area (Å²) in [5, 5.41) is 12.9. The van der Waals surface area contributed by atoms with Crippen LogP contribution in [0.4, 0.5) is 5.82 Å². The van der Waals surface area contributed by atoms with Gasteiger partial charge in [-0.05, 0) is 31.9 Å². The molecule has 1 aromatic rings.